The monoisotopic (exact) mass is 181 g/mol. The molecular formula is C10H19N3. The molecule has 1 rings (SSSR count). The molecule has 13 heavy (non-hydrogen) atoms. The van der Waals surface area contributed by atoms with Crippen LogP contribution in [0.25, 0.3) is 10.4 Å². The molecule has 74 valence electrons. The first kappa shape index (κ1) is 10.4. The van der Waals surface area contributed by atoms with Gasteiger partial charge in [-0.3, -0.25) is 0 Å². The highest BCUT2D eigenvalue weighted by atomic mass is 15.2. The first-order valence-corrected chi connectivity index (χ1v) is 5.24. The smallest absolute Gasteiger partial charge is 0.0430 e. The minimum Gasteiger partial charge on any atom is -0.0900 e. The number of azide groups is 1. The summed E-state index contributed by atoms with van der Waals surface area (Å²) in [4.78, 5) is 2.97. The van der Waals surface area contributed by atoms with Gasteiger partial charge in [-0.15, -0.1) is 0 Å². The quantitative estimate of drug-likeness (QED) is 0.354. The fourth-order valence-corrected chi connectivity index (χ4v) is 2.38. The normalized spacial score (nSPS) is 39.6. The van der Waals surface area contributed by atoms with Crippen molar-refractivity contribution in [3.05, 3.63) is 10.4 Å². The Morgan fingerprint density at radius 1 is 1.38 bits per heavy atom. The van der Waals surface area contributed by atoms with E-state index in [4.69, 9.17) is 5.53 Å². The second-order valence-electron chi connectivity index (χ2n) is 4.28. The van der Waals surface area contributed by atoms with Gasteiger partial charge in [-0.05, 0) is 29.7 Å². The molecule has 0 aliphatic heterocycles. The largest absolute Gasteiger partial charge is 0.0900 e. The zero-order valence-corrected chi connectivity index (χ0v) is 8.77. The molecule has 0 aromatic heterocycles. The fourth-order valence-electron chi connectivity index (χ4n) is 2.38. The van der Waals surface area contributed by atoms with E-state index < -0.39 is 0 Å². The van der Waals surface area contributed by atoms with Crippen LogP contribution in [0.3, 0.4) is 0 Å². The average Bonchev–Trinajstić information content (AvgIpc) is 2.14. The predicted octanol–water partition coefficient (Wildman–Crippen LogP) is 3.76. The molecule has 0 radical (unpaired) electrons. The van der Waals surface area contributed by atoms with Crippen molar-refractivity contribution in [1.82, 2.24) is 0 Å². The van der Waals surface area contributed by atoms with Crippen LogP contribution in [0.2, 0.25) is 0 Å². The summed E-state index contributed by atoms with van der Waals surface area (Å²) < 4.78 is 0. The Labute approximate surface area is 80.2 Å². The van der Waals surface area contributed by atoms with Crippen LogP contribution in [0, 0.1) is 17.8 Å². The van der Waals surface area contributed by atoms with Crippen LogP contribution in [0.5, 0.6) is 0 Å². The lowest BCUT2D eigenvalue weighted by atomic mass is 9.71. The summed E-state index contributed by atoms with van der Waals surface area (Å²) in [5, 5.41) is 3.95. The van der Waals surface area contributed by atoms with Crippen LogP contribution in [0.15, 0.2) is 5.11 Å². The van der Waals surface area contributed by atoms with E-state index in [9.17, 15) is 0 Å². The zero-order chi connectivity index (χ0) is 9.84. The minimum absolute atomic E-state index is 0.235. The summed E-state index contributed by atoms with van der Waals surface area (Å²) in [5.41, 5.74) is 8.49. The van der Waals surface area contributed by atoms with Gasteiger partial charge in [-0.1, -0.05) is 38.7 Å². The molecule has 0 unspecified atom stereocenters. The van der Waals surface area contributed by atoms with E-state index in [0.29, 0.717) is 17.8 Å². The Hall–Kier alpha value is -0.690. The average molecular weight is 181 g/mol. The summed E-state index contributed by atoms with van der Waals surface area (Å²) in [6, 6.07) is 0.235. The van der Waals surface area contributed by atoms with Crippen molar-refractivity contribution >= 4 is 0 Å². The molecule has 0 amide bonds. The first-order valence-electron chi connectivity index (χ1n) is 5.24. The summed E-state index contributed by atoms with van der Waals surface area (Å²) in [6.07, 6.45) is 3.66. The molecule has 0 saturated heterocycles. The van der Waals surface area contributed by atoms with Crippen LogP contribution >= 0.6 is 0 Å². The second-order valence-corrected chi connectivity index (χ2v) is 4.28. The molecule has 3 nitrogen and oxygen atoms in total. The molecule has 3 heteroatoms. The molecule has 1 aliphatic rings. The third kappa shape index (κ3) is 2.16. The van der Waals surface area contributed by atoms with Crippen LogP contribution in [-0.2, 0) is 0 Å². The van der Waals surface area contributed by atoms with Crippen molar-refractivity contribution in [1.29, 1.82) is 0 Å². The van der Waals surface area contributed by atoms with Crippen molar-refractivity contribution in [2.45, 2.75) is 46.1 Å². The molecule has 0 bridgehead atoms. The SMILES string of the molecule is CC[C@H]1CC[C@H](C)[C@@H](C)[C@H]1N=[N+]=[N-]. The van der Waals surface area contributed by atoms with E-state index in [1.165, 1.54) is 12.8 Å². The molecule has 1 saturated carbocycles. The lowest BCUT2D eigenvalue weighted by Crippen LogP contribution is -2.34. The highest BCUT2D eigenvalue weighted by Crippen LogP contribution is 2.37. The van der Waals surface area contributed by atoms with E-state index in [1.807, 2.05) is 0 Å². The fraction of sp³-hybridized carbons (Fsp3) is 1.00. The van der Waals surface area contributed by atoms with Gasteiger partial charge in [0.1, 0.15) is 0 Å². The van der Waals surface area contributed by atoms with E-state index in [2.05, 4.69) is 30.8 Å². The maximum Gasteiger partial charge on any atom is 0.0430 e. The first-order chi connectivity index (χ1) is 6.20. The van der Waals surface area contributed by atoms with Crippen molar-refractivity contribution < 1.29 is 0 Å². The van der Waals surface area contributed by atoms with Crippen LogP contribution in [0.1, 0.15) is 40.0 Å². The van der Waals surface area contributed by atoms with E-state index >= 15 is 0 Å². The maximum absolute atomic E-state index is 8.49. The van der Waals surface area contributed by atoms with Crippen LogP contribution < -0.4 is 0 Å². The standard InChI is InChI=1S/C10H19N3/c1-4-9-6-5-7(2)8(3)10(9)12-13-11/h7-10H,4-6H2,1-3H3/t7-,8+,9-,10+/m0/s1. The summed E-state index contributed by atoms with van der Waals surface area (Å²) >= 11 is 0. The Bertz CT molecular complexity index is 206. The van der Waals surface area contributed by atoms with E-state index in [-0.39, 0.29) is 6.04 Å². The van der Waals surface area contributed by atoms with Gasteiger partial charge in [-0.2, -0.15) is 0 Å². The zero-order valence-electron chi connectivity index (χ0n) is 8.77. The molecule has 0 aromatic rings. The third-order valence-corrected chi connectivity index (χ3v) is 3.62. The van der Waals surface area contributed by atoms with Crippen LogP contribution in [0.4, 0.5) is 0 Å². The van der Waals surface area contributed by atoms with E-state index in [1.54, 1.807) is 0 Å². The van der Waals surface area contributed by atoms with Crippen molar-refractivity contribution in [2.75, 3.05) is 0 Å². The van der Waals surface area contributed by atoms with Gasteiger partial charge in [0.05, 0.1) is 0 Å². The van der Waals surface area contributed by atoms with Crippen molar-refractivity contribution in [2.24, 2.45) is 22.9 Å². The maximum atomic E-state index is 8.49. The topological polar surface area (TPSA) is 48.8 Å². The highest BCUT2D eigenvalue weighted by molar-refractivity contribution is 4.88. The third-order valence-electron chi connectivity index (χ3n) is 3.62. The Morgan fingerprint density at radius 3 is 2.62 bits per heavy atom. The van der Waals surface area contributed by atoms with Gasteiger partial charge in [0.25, 0.3) is 0 Å². The lowest BCUT2D eigenvalue weighted by Gasteiger charge is -2.37. The molecule has 0 aromatic carbocycles. The van der Waals surface area contributed by atoms with Gasteiger partial charge in [0.15, 0.2) is 0 Å². The van der Waals surface area contributed by atoms with Crippen molar-refractivity contribution in [3.8, 4) is 0 Å². The minimum atomic E-state index is 0.235. The van der Waals surface area contributed by atoms with Gasteiger partial charge in [0.2, 0.25) is 0 Å². The lowest BCUT2D eigenvalue weighted by molar-refractivity contribution is 0.167. The predicted molar refractivity (Wildman–Crippen MR) is 54.3 cm³/mol. The molecule has 1 aliphatic carbocycles. The van der Waals surface area contributed by atoms with Gasteiger partial charge >= 0.3 is 0 Å². The molecule has 4 atom stereocenters. The van der Waals surface area contributed by atoms with Gasteiger partial charge < -0.3 is 0 Å². The van der Waals surface area contributed by atoms with Gasteiger partial charge in [-0.25, -0.2) is 0 Å². The Balaban J connectivity index is 2.74. The number of rotatable bonds is 2. The summed E-state index contributed by atoms with van der Waals surface area (Å²) in [7, 11) is 0. The number of nitrogens with zero attached hydrogens (tertiary/aromatic N) is 3. The molecule has 0 N–H and O–H groups in total. The molecule has 1 fully saturated rings. The van der Waals surface area contributed by atoms with Crippen molar-refractivity contribution in [3.63, 3.8) is 0 Å². The summed E-state index contributed by atoms with van der Waals surface area (Å²) in [5.74, 6) is 1.87. The second kappa shape index (κ2) is 4.52. The molecule has 0 heterocycles. The number of hydrogen-bond donors (Lipinski definition) is 0. The molecular weight excluding hydrogens is 162 g/mol. The molecule has 0 spiro atoms. The Kier molecular flexibility index (Phi) is 3.61. The Morgan fingerprint density at radius 2 is 2.08 bits per heavy atom. The highest BCUT2D eigenvalue weighted by Gasteiger charge is 2.32. The van der Waals surface area contributed by atoms with Crippen LogP contribution in [-0.4, -0.2) is 6.04 Å². The van der Waals surface area contributed by atoms with Gasteiger partial charge in [0, 0.05) is 11.0 Å². The van der Waals surface area contributed by atoms with E-state index in [0.717, 1.165) is 6.42 Å². The summed E-state index contributed by atoms with van der Waals surface area (Å²) in [6.45, 7) is 6.66. The number of hydrogen-bond acceptors (Lipinski definition) is 1.